The molecule has 4 rings (SSSR count). The SMILES string of the molecule is CCNC(=O)C1=[N+](C)C2C3C4=C(C#N)C4C=CC32N1. The number of rotatable bonds is 2. The van der Waals surface area contributed by atoms with Crippen LogP contribution in [-0.2, 0) is 4.79 Å². The number of carbonyl (C=O) groups excluding carboxylic acids is 1. The second kappa shape index (κ2) is 3.08. The lowest BCUT2D eigenvalue weighted by Crippen LogP contribution is -2.46. The Hall–Kier alpha value is -2.09. The van der Waals surface area contributed by atoms with Crippen LogP contribution in [-0.4, -0.2) is 41.5 Å². The highest BCUT2D eigenvalue weighted by molar-refractivity contribution is 6.36. The van der Waals surface area contributed by atoms with Gasteiger partial charge >= 0.3 is 11.7 Å². The summed E-state index contributed by atoms with van der Waals surface area (Å²) in [4.78, 5) is 12.0. The lowest BCUT2D eigenvalue weighted by molar-refractivity contribution is -0.509. The maximum Gasteiger partial charge on any atom is 0.337 e. The van der Waals surface area contributed by atoms with Crippen molar-refractivity contribution in [1.82, 2.24) is 10.6 Å². The molecular formula is C14H15N4O+. The molecule has 96 valence electrons. The summed E-state index contributed by atoms with van der Waals surface area (Å²) in [6.07, 6.45) is 4.26. The van der Waals surface area contributed by atoms with Crippen LogP contribution in [0.5, 0.6) is 0 Å². The van der Waals surface area contributed by atoms with E-state index in [1.165, 1.54) is 5.57 Å². The van der Waals surface area contributed by atoms with E-state index in [1.54, 1.807) is 0 Å². The van der Waals surface area contributed by atoms with Gasteiger partial charge in [-0.05, 0) is 18.6 Å². The third kappa shape index (κ3) is 1.06. The second-order valence-electron chi connectivity index (χ2n) is 5.62. The molecule has 5 nitrogen and oxygen atoms in total. The first-order valence-corrected chi connectivity index (χ1v) is 6.65. The number of nitriles is 1. The molecule has 0 aromatic rings. The number of hydrogen-bond donors (Lipinski definition) is 2. The third-order valence-electron chi connectivity index (χ3n) is 4.76. The topological polar surface area (TPSA) is 67.9 Å². The fourth-order valence-corrected chi connectivity index (χ4v) is 3.86. The first kappa shape index (κ1) is 10.8. The smallest absolute Gasteiger partial charge is 0.337 e. The largest absolute Gasteiger partial charge is 0.346 e. The van der Waals surface area contributed by atoms with E-state index in [-0.39, 0.29) is 23.4 Å². The fraction of sp³-hybridized carbons (Fsp3) is 0.500. The van der Waals surface area contributed by atoms with Crippen molar-refractivity contribution in [3.05, 3.63) is 23.3 Å². The summed E-state index contributed by atoms with van der Waals surface area (Å²) in [6, 6.07) is 2.57. The van der Waals surface area contributed by atoms with Gasteiger partial charge in [-0.15, -0.1) is 0 Å². The van der Waals surface area contributed by atoms with E-state index in [9.17, 15) is 4.79 Å². The number of fused-ring (bicyclic) bond motifs is 3. The first-order valence-electron chi connectivity index (χ1n) is 6.65. The van der Waals surface area contributed by atoms with Gasteiger partial charge in [0, 0.05) is 18.0 Å². The van der Waals surface area contributed by atoms with Crippen molar-refractivity contribution in [2.75, 3.05) is 13.6 Å². The second-order valence-corrected chi connectivity index (χ2v) is 5.62. The zero-order valence-corrected chi connectivity index (χ0v) is 10.9. The number of allylic oxidation sites excluding steroid dienone is 2. The molecule has 1 heterocycles. The van der Waals surface area contributed by atoms with Crippen LogP contribution in [0.25, 0.3) is 0 Å². The Kier molecular flexibility index (Phi) is 1.75. The van der Waals surface area contributed by atoms with Gasteiger partial charge in [-0.3, -0.25) is 14.7 Å². The Morgan fingerprint density at radius 2 is 2.47 bits per heavy atom. The minimum atomic E-state index is -0.139. The zero-order valence-electron chi connectivity index (χ0n) is 10.9. The molecule has 1 amide bonds. The summed E-state index contributed by atoms with van der Waals surface area (Å²) in [5.41, 5.74) is 2.08. The number of likely N-dealkylation sites (N-methyl/N-ethyl adjacent to an activating group) is 2. The van der Waals surface area contributed by atoms with Crippen LogP contribution < -0.4 is 10.6 Å². The van der Waals surface area contributed by atoms with E-state index in [4.69, 9.17) is 5.26 Å². The van der Waals surface area contributed by atoms with E-state index in [0.717, 1.165) is 5.57 Å². The molecule has 0 aromatic carbocycles. The number of nitrogens with zero attached hydrogens (tertiary/aromatic N) is 2. The normalized spacial score (nSPS) is 39.9. The summed E-state index contributed by atoms with van der Waals surface area (Å²) in [5, 5.41) is 15.3. The number of amidine groups is 1. The summed E-state index contributed by atoms with van der Waals surface area (Å²) in [6.45, 7) is 2.54. The van der Waals surface area contributed by atoms with Crippen LogP contribution in [0, 0.1) is 23.2 Å². The van der Waals surface area contributed by atoms with Crippen LogP contribution in [0.3, 0.4) is 0 Å². The van der Waals surface area contributed by atoms with E-state index in [1.807, 2.05) is 18.5 Å². The van der Waals surface area contributed by atoms with Crippen molar-refractivity contribution >= 4 is 11.7 Å². The molecule has 0 radical (unpaired) electrons. The van der Waals surface area contributed by atoms with Crippen molar-refractivity contribution in [1.29, 1.82) is 5.26 Å². The molecule has 0 aromatic heterocycles. The van der Waals surface area contributed by atoms with Crippen LogP contribution >= 0.6 is 0 Å². The average molecular weight is 255 g/mol. The third-order valence-corrected chi connectivity index (χ3v) is 4.76. The number of carbonyl (C=O) groups is 1. The van der Waals surface area contributed by atoms with E-state index in [0.29, 0.717) is 18.3 Å². The Bertz CT molecular complexity index is 651. The van der Waals surface area contributed by atoms with Crippen molar-refractivity contribution in [2.24, 2.45) is 11.8 Å². The van der Waals surface area contributed by atoms with Gasteiger partial charge < -0.3 is 5.32 Å². The molecule has 19 heavy (non-hydrogen) atoms. The van der Waals surface area contributed by atoms with Crippen LogP contribution in [0.15, 0.2) is 23.3 Å². The number of hydrogen-bond acceptors (Lipinski definition) is 3. The Labute approximate surface area is 111 Å². The summed E-state index contributed by atoms with van der Waals surface area (Å²) in [7, 11) is 1.95. The highest BCUT2D eigenvalue weighted by atomic mass is 16.2. The van der Waals surface area contributed by atoms with E-state index < -0.39 is 0 Å². The van der Waals surface area contributed by atoms with Crippen LogP contribution in [0.4, 0.5) is 0 Å². The highest BCUT2D eigenvalue weighted by Gasteiger charge is 2.81. The monoisotopic (exact) mass is 255 g/mol. The molecule has 2 N–H and O–H groups in total. The van der Waals surface area contributed by atoms with Crippen molar-refractivity contribution in [3.63, 3.8) is 0 Å². The summed E-state index contributed by atoms with van der Waals surface area (Å²) in [5.74, 6) is 1.26. The van der Waals surface area contributed by atoms with E-state index >= 15 is 0 Å². The van der Waals surface area contributed by atoms with Gasteiger partial charge in [0.05, 0.1) is 19.0 Å². The van der Waals surface area contributed by atoms with Gasteiger partial charge in [0.1, 0.15) is 0 Å². The average Bonchev–Trinajstić information content (AvgIpc) is 3.24. The minimum absolute atomic E-state index is 0.0499. The van der Waals surface area contributed by atoms with Gasteiger partial charge in [0.25, 0.3) is 0 Å². The predicted molar refractivity (Wildman–Crippen MR) is 68.3 cm³/mol. The van der Waals surface area contributed by atoms with Crippen molar-refractivity contribution in [3.8, 4) is 6.07 Å². The molecule has 1 aliphatic heterocycles. The predicted octanol–water partition coefficient (Wildman–Crippen LogP) is -0.477. The van der Waals surface area contributed by atoms with Gasteiger partial charge in [0.15, 0.2) is 11.6 Å². The lowest BCUT2D eigenvalue weighted by Gasteiger charge is -2.11. The standard InChI is InChI=1S/C14H14N4O/c1-3-16-13(19)12-17-14-5-4-7-8(6-15)9(7)10(14)11(14)18(12)2/h4-5,7,10-11H,3H2,1-2H3,(H,16,19)/p+1. The van der Waals surface area contributed by atoms with Crippen molar-refractivity contribution in [2.45, 2.75) is 18.5 Å². The molecule has 3 aliphatic carbocycles. The quantitative estimate of drug-likeness (QED) is 0.517. The Balaban J connectivity index is 1.68. The maximum absolute atomic E-state index is 12.0. The molecule has 4 atom stereocenters. The van der Waals surface area contributed by atoms with Crippen LogP contribution in [0.2, 0.25) is 0 Å². The Morgan fingerprint density at radius 3 is 3.16 bits per heavy atom. The molecule has 1 saturated carbocycles. The molecular weight excluding hydrogens is 240 g/mol. The minimum Gasteiger partial charge on any atom is -0.346 e. The molecule has 1 spiro atoms. The summed E-state index contributed by atoms with van der Waals surface area (Å²) >= 11 is 0. The fourth-order valence-electron chi connectivity index (χ4n) is 3.86. The molecule has 0 saturated heterocycles. The molecule has 0 bridgehead atoms. The molecule has 1 fully saturated rings. The van der Waals surface area contributed by atoms with Gasteiger partial charge in [0.2, 0.25) is 0 Å². The first-order chi connectivity index (χ1) is 9.15. The summed E-state index contributed by atoms with van der Waals surface area (Å²) < 4.78 is 2.03. The van der Waals surface area contributed by atoms with Crippen LogP contribution in [0.1, 0.15) is 6.92 Å². The van der Waals surface area contributed by atoms with E-state index in [2.05, 4.69) is 28.9 Å². The Morgan fingerprint density at radius 1 is 1.68 bits per heavy atom. The number of amides is 1. The number of nitrogens with one attached hydrogen (secondary N) is 2. The van der Waals surface area contributed by atoms with Gasteiger partial charge in [-0.1, -0.05) is 6.08 Å². The lowest BCUT2D eigenvalue weighted by atomic mass is 10.0. The van der Waals surface area contributed by atoms with Crippen molar-refractivity contribution < 1.29 is 9.37 Å². The van der Waals surface area contributed by atoms with Gasteiger partial charge in [-0.2, -0.15) is 5.26 Å². The molecule has 4 aliphatic rings. The van der Waals surface area contributed by atoms with Gasteiger partial charge in [-0.25, -0.2) is 0 Å². The zero-order chi connectivity index (χ0) is 13.4. The highest BCUT2D eigenvalue weighted by Crippen LogP contribution is 2.65. The molecule has 4 unspecified atom stereocenters. The molecule has 5 heteroatoms. The maximum atomic E-state index is 12.0.